The fourth-order valence-electron chi connectivity index (χ4n) is 3.23. The normalized spacial score (nSPS) is 15.0. The first-order valence-corrected chi connectivity index (χ1v) is 9.59. The number of aromatic nitrogens is 1. The number of rotatable bonds is 4. The van der Waals surface area contributed by atoms with Gasteiger partial charge in [-0.3, -0.25) is 14.6 Å². The number of hydrogen-bond donors (Lipinski definition) is 1. The zero-order valence-corrected chi connectivity index (χ0v) is 16.2. The van der Waals surface area contributed by atoms with Crippen molar-refractivity contribution in [2.45, 2.75) is 39.5 Å². The first kappa shape index (κ1) is 19.1. The highest BCUT2D eigenvalue weighted by molar-refractivity contribution is 6.05. The van der Waals surface area contributed by atoms with Gasteiger partial charge in [0.05, 0.1) is 11.1 Å². The van der Waals surface area contributed by atoms with Crippen molar-refractivity contribution in [2.24, 2.45) is 5.92 Å². The number of amides is 2. The van der Waals surface area contributed by atoms with Crippen LogP contribution >= 0.6 is 0 Å². The van der Waals surface area contributed by atoms with E-state index in [1.165, 1.54) is 18.0 Å². The minimum Gasteiger partial charge on any atom is -0.339 e. The van der Waals surface area contributed by atoms with Crippen molar-refractivity contribution in [2.75, 3.05) is 18.4 Å². The fraction of sp³-hybridized carbons (Fsp3) is 0.409. The van der Waals surface area contributed by atoms with Crippen LogP contribution < -0.4 is 5.32 Å². The summed E-state index contributed by atoms with van der Waals surface area (Å²) in [7, 11) is 0. The molecule has 2 heterocycles. The number of hydrogen-bond acceptors (Lipinski definition) is 3. The van der Waals surface area contributed by atoms with Crippen LogP contribution in [0.5, 0.6) is 0 Å². The van der Waals surface area contributed by atoms with Crippen molar-refractivity contribution in [3.05, 3.63) is 59.4 Å². The SMILES string of the molecule is CC1CCN(C(=O)c2cncc(C(=O)Nc3ccc(C(C)C)cc3)c2)CC1. The largest absolute Gasteiger partial charge is 0.339 e. The minimum atomic E-state index is -0.262. The van der Waals surface area contributed by atoms with Gasteiger partial charge in [0.2, 0.25) is 0 Å². The third kappa shape index (κ3) is 4.73. The van der Waals surface area contributed by atoms with Gasteiger partial charge in [0.25, 0.3) is 11.8 Å². The van der Waals surface area contributed by atoms with Crippen LogP contribution in [-0.4, -0.2) is 34.8 Å². The van der Waals surface area contributed by atoms with E-state index in [4.69, 9.17) is 0 Å². The average Bonchev–Trinajstić information content (AvgIpc) is 2.68. The number of pyridine rings is 1. The van der Waals surface area contributed by atoms with Crippen LogP contribution in [0.15, 0.2) is 42.7 Å². The van der Waals surface area contributed by atoms with Crippen molar-refractivity contribution in [3.8, 4) is 0 Å². The molecule has 0 spiro atoms. The van der Waals surface area contributed by atoms with E-state index in [0.717, 1.165) is 31.6 Å². The maximum atomic E-state index is 12.7. The zero-order chi connectivity index (χ0) is 19.4. The van der Waals surface area contributed by atoms with Crippen molar-refractivity contribution >= 4 is 17.5 Å². The zero-order valence-electron chi connectivity index (χ0n) is 16.2. The summed E-state index contributed by atoms with van der Waals surface area (Å²) in [5, 5.41) is 2.87. The molecule has 0 saturated carbocycles. The Bertz CT molecular complexity index is 807. The molecule has 0 radical (unpaired) electrons. The predicted molar refractivity (Wildman–Crippen MR) is 107 cm³/mol. The van der Waals surface area contributed by atoms with E-state index in [1.54, 1.807) is 6.07 Å². The molecule has 1 fully saturated rings. The second-order valence-corrected chi connectivity index (χ2v) is 7.67. The van der Waals surface area contributed by atoms with Crippen LogP contribution in [-0.2, 0) is 0 Å². The molecule has 1 aromatic carbocycles. The molecule has 0 unspecified atom stereocenters. The summed E-state index contributed by atoms with van der Waals surface area (Å²) < 4.78 is 0. The van der Waals surface area contributed by atoms with E-state index in [0.29, 0.717) is 23.0 Å². The molecule has 0 aliphatic carbocycles. The Morgan fingerprint density at radius 1 is 1.07 bits per heavy atom. The van der Waals surface area contributed by atoms with Gasteiger partial charge in [-0.15, -0.1) is 0 Å². The molecule has 27 heavy (non-hydrogen) atoms. The predicted octanol–water partition coefficient (Wildman–Crippen LogP) is 4.33. The molecule has 1 aliphatic heterocycles. The number of nitrogens with zero attached hydrogens (tertiary/aromatic N) is 2. The third-order valence-electron chi connectivity index (χ3n) is 5.15. The van der Waals surface area contributed by atoms with E-state index in [9.17, 15) is 9.59 Å². The molecule has 5 heteroatoms. The lowest BCUT2D eigenvalue weighted by Crippen LogP contribution is -2.38. The van der Waals surface area contributed by atoms with Gasteiger partial charge in [0.15, 0.2) is 0 Å². The maximum absolute atomic E-state index is 12.7. The van der Waals surface area contributed by atoms with Crippen molar-refractivity contribution in [3.63, 3.8) is 0 Å². The van der Waals surface area contributed by atoms with Crippen LogP contribution in [0, 0.1) is 5.92 Å². The number of carbonyl (C=O) groups excluding carboxylic acids is 2. The van der Waals surface area contributed by atoms with Crippen LogP contribution in [0.3, 0.4) is 0 Å². The quantitative estimate of drug-likeness (QED) is 0.877. The Kier molecular flexibility index (Phi) is 5.89. The first-order chi connectivity index (χ1) is 12.9. The summed E-state index contributed by atoms with van der Waals surface area (Å²) in [5.41, 5.74) is 2.80. The highest BCUT2D eigenvalue weighted by Gasteiger charge is 2.22. The molecule has 0 atom stereocenters. The van der Waals surface area contributed by atoms with Crippen LogP contribution in [0.2, 0.25) is 0 Å². The monoisotopic (exact) mass is 365 g/mol. The van der Waals surface area contributed by atoms with Gasteiger partial charge in [0, 0.05) is 31.2 Å². The minimum absolute atomic E-state index is 0.0506. The van der Waals surface area contributed by atoms with E-state index in [2.05, 4.69) is 31.1 Å². The molecule has 1 aromatic heterocycles. The summed E-state index contributed by atoms with van der Waals surface area (Å²) >= 11 is 0. The Labute approximate surface area is 160 Å². The molecule has 3 rings (SSSR count). The fourth-order valence-corrected chi connectivity index (χ4v) is 3.23. The molecule has 2 aromatic rings. The van der Waals surface area contributed by atoms with Gasteiger partial charge < -0.3 is 10.2 Å². The van der Waals surface area contributed by atoms with Gasteiger partial charge in [0.1, 0.15) is 0 Å². The highest BCUT2D eigenvalue weighted by atomic mass is 16.2. The average molecular weight is 365 g/mol. The maximum Gasteiger partial charge on any atom is 0.257 e. The van der Waals surface area contributed by atoms with Gasteiger partial charge in [-0.05, 0) is 48.4 Å². The van der Waals surface area contributed by atoms with Gasteiger partial charge in [-0.2, -0.15) is 0 Å². The summed E-state index contributed by atoms with van der Waals surface area (Å²) in [5.74, 6) is 0.790. The standard InChI is InChI=1S/C22H27N3O2/c1-15(2)17-4-6-20(7-5-17)24-21(26)18-12-19(14-23-13-18)22(27)25-10-8-16(3)9-11-25/h4-7,12-16H,8-11H2,1-3H3,(H,24,26). The molecule has 1 aliphatic rings. The molecule has 0 bridgehead atoms. The van der Waals surface area contributed by atoms with Crippen LogP contribution in [0.25, 0.3) is 0 Å². The number of piperidine rings is 1. The number of anilines is 1. The van der Waals surface area contributed by atoms with Gasteiger partial charge in [-0.25, -0.2) is 0 Å². The molecule has 1 saturated heterocycles. The van der Waals surface area contributed by atoms with Crippen LogP contribution in [0.4, 0.5) is 5.69 Å². The number of nitrogens with one attached hydrogen (secondary N) is 1. The highest BCUT2D eigenvalue weighted by Crippen LogP contribution is 2.20. The summed E-state index contributed by atoms with van der Waals surface area (Å²) in [6, 6.07) is 9.44. The molecule has 5 nitrogen and oxygen atoms in total. The van der Waals surface area contributed by atoms with E-state index < -0.39 is 0 Å². The molecule has 2 amide bonds. The summed E-state index contributed by atoms with van der Waals surface area (Å²) in [4.78, 5) is 31.2. The summed E-state index contributed by atoms with van der Waals surface area (Å²) in [6.45, 7) is 7.99. The summed E-state index contributed by atoms with van der Waals surface area (Å²) in [6.07, 6.45) is 5.07. The lowest BCUT2D eigenvalue weighted by atomic mass is 9.98. The molecule has 142 valence electrons. The Morgan fingerprint density at radius 3 is 2.33 bits per heavy atom. The second-order valence-electron chi connectivity index (χ2n) is 7.67. The number of likely N-dealkylation sites (tertiary alicyclic amines) is 1. The smallest absolute Gasteiger partial charge is 0.257 e. The Hall–Kier alpha value is -2.69. The lowest BCUT2D eigenvalue weighted by molar-refractivity contribution is 0.0697. The molecular weight excluding hydrogens is 338 g/mol. The second kappa shape index (κ2) is 8.33. The van der Waals surface area contributed by atoms with Crippen molar-refractivity contribution in [1.82, 2.24) is 9.88 Å². The van der Waals surface area contributed by atoms with E-state index in [1.807, 2.05) is 29.2 Å². The van der Waals surface area contributed by atoms with Gasteiger partial charge >= 0.3 is 0 Å². The Balaban J connectivity index is 1.69. The third-order valence-corrected chi connectivity index (χ3v) is 5.15. The van der Waals surface area contributed by atoms with Gasteiger partial charge in [-0.1, -0.05) is 32.9 Å². The van der Waals surface area contributed by atoms with Crippen molar-refractivity contribution in [1.29, 1.82) is 0 Å². The number of carbonyl (C=O) groups is 2. The topological polar surface area (TPSA) is 62.3 Å². The first-order valence-electron chi connectivity index (χ1n) is 9.59. The van der Waals surface area contributed by atoms with E-state index >= 15 is 0 Å². The van der Waals surface area contributed by atoms with Crippen LogP contribution in [0.1, 0.15) is 65.8 Å². The Morgan fingerprint density at radius 2 is 1.70 bits per heavy atom. The van der Waals surface area contributed by atoms with E-state index in [-0.39, 0.29) is 11.8 Å². The number of benzene rings is 1. The molecular formula is C22H27N3O2. The lowest BCUT2D eigenvalue weighted by Gasteiger charge is -2.30. The van der Waals surface area contributed by atoms with Crippen molar-refractivity contribution < 1.29 is 9.59 Å². The molecule has 1 N–H and O–H groups in total.